The first-order valence-corrected chi connectivity index (χ1v) is 8.51. The third kappa shape index (κ3) is 4.56. The van der Waals surface area contributed by atoms with Crippen molar-refractivity contribution >= 4 is 10.1 Å². The van der Waals surface area contributed by atoms with Crippen molar-refractivity contribution in [1.82, 2.24) is 0 Å². The van der Waals surface area contributed by atoms with Crippen molar-refractivity contribution in [2.75, 3.05) is 0 Å². The quantitative estimate of drug-likeness (QED) is 0.798. The van der Waals surface area contributed by atoms with Crippen LogP contribution in [0.5, 0.6) is 5.75 Å². The molecule has 0 unspecified atom stereocenters. The molecule has 0 fully saturated rings. The van der Waals surface area contributed by atoms with Gasteiger partial charge in [0, 0.05) is 0 Å². The van der Waals surface area contributed by atoms with E-state index in [0.717, 1.165) is 5.56 Å². The van der Waals surface area contributed by atoms with E-state index in [0.29, 0.717) is 5.56 Å². The van der Waals surface area contributed by atoms with Gasteiger partial charge >= 0.3 is 10.1 Å². The molecule has 0 bridgehead atoms. The van der Waals surface area contributed by atoms with Gasteiger partial charge in [-0.25, -0.2) is 4.39 Å². The van der Waals surface area contributed by atoms with Gasteiger partial charge in [-0.1, -0.05) is 45.0 Å². The fraction of sp³-hybridized carbons (Fsp3) is 0.294. The van der Waals surface area contributed by atoms with Crippen LogP contribution < -0.4 is 4.18 Å². The molecule has 0 aliphatic heterocycles. The van der Waals surface area contributed by atoms with Gasteiger partial charge in [0.05, 0.1) is 0 Å². The van der Waals surface area contributed by atoms with Gasteiger partial charge in [-0.15, -0.1) is 0 Å². The highest BCUT2D eigenvalue weighted by Crippen LogP contribution is 2.25. The lowest BCUT2D eigenvalue weighted by atomic mass is 9.87. The molecule has 0 aromatic heterocycles. The van der Waals surface area contributed by atoms with E-state index < -0.39 is 15.9 Å². The summed E-state index contributed by atoms with van der Waals surface area (Å²) in [5, 5.41) is 0. The van der Waals surface area contributed by atoms with Crippen LogP contribution in [0.25, 0.3) is 0 Å². The molecule has 5 heteroatoms. The van der Waals surface area contributed by atoms with E-state index in [1.165, 1.54) is 18.2 Å². The summed E-state index contributed by atoms with van der Waals surface area (Å²) in [4.78, 5) is 0. The van der Waals surface area contributed by atoms with E-state index in [-0.39, 0.29) is 16.9 Å². The minimum atomic E-state index is -3.82. The lowest BCUT2D eigenvalue weighted by molar-refractivity contribution is 0.484. The van der Waals surface area contributed by atoms with E-state index in [2.05, 4.69) is 20.8 Å². The van der Waals surface area contributed by atoms with Crippen molar-refractivity contribution in [2.45, 2.75) is 31.9 Å². The summed E-state index contributed by atoms with van der Waals surface area (Å²) in [6.07, 6.45) is 0. The van der Waals surface area contributed by atoms with E-state index >= 15 is 0 Å². The maximum atomic E-state index is 13.1. The van der Waals surface area contributed by atoms with Gasteiger partial charge in [0.15, 0.2) is 0 Å². The average Bonchev–Trinajstić information content (AvgIpc) is 2.37. The highest BCUT2D eigenvalue weighted by molar-refractivity contribution is 7.86. The standard InChI is InChI=1S/C17H19FO3S/c1-17(2,3)14-7-9-16(10-8-14)21-22(19,20)12-13-5-4-6-15(18)11-13/h4-11H,12H2,1-3H3. The maximum absolute atomic E-state index is 13.1. The molecule has 0 atom stereocenters. The molecule has 0 heterocycles. The summed E-state index contributed by atoms with van der Waals surface area (Å²) in [6, 6.07) is 12.4. The first-order chi connectivity index (χ1) is 10.2. The number of halogens is 1. The number of hydrogen-bond donors (Lipinski definition) is 0. The maximum Gasteiger partial charge on any atom is 0.313 e. The summed E-state index contributed by atoms with van der Waals surface area (Å²) in [7, 11) is -3.82. The molecule has 2 aromatic carbocycles. The second kappa shape index (κ2) is 6.08. The molecular formula is C17H19FO3S. The van der Waals surface area contributed by atoms with E-state index in [9.17, 15) is 12.8 Å². The fourth-order valence-electron chi connectivity index (χ4n) is 2.02. The summed E-state index contributed by atoms with van der Waals surface area (Å²) >= 11 is 0. The minimum absolute atomic E-state index is 0.0149. The smallest absolute Gasteiger partial charge is 0.313 e. The topological polar surface area (TPSA) is 43.4 Å². The summed E-state index contributed by atoms with van der Waals surface area (Å²) in [6.45, 7) is 6.22. The molecular weight excluding hydrogens is 303 g/mol. The van der Waals surface area contributed by atoms with Gasteiger partial charge in [0.2, 0.25) is 0 Å². The third-order valence-corrected chi connectivity index (χ3v) is 4.31. The highest BCUT2D eigenvalue weighted by atomic mass is 32.2. The Labute approximate surface area is 130 Å². The largest absolute Gasteiger partial charge is 0.382 e. The van der Waals surface area contributed by atoms with Gasteiger partial charge in [-0.3, -0.25) is 0 Å². The molecule has 0 N–H and O–H groups in total. The SMILES string of the molecule is CC(C)(C)c1ccc(OS(=O)(=O)Cc2cccc(F)c2)cc1. The van der Waals surface area contributed by atoms with Crippen molar-refractivity contribution in [3.8, 4) is 5.75 Å². The van der Waals surface area contributed by atoms with Gasteiger partial charge in [0.1, 0.15) is 17.3 Å². The lowest BCUT2D eigenvalue weighted by Gasteiger charge is -2.19. The molecule has 0 radical (unpaired) electrons. The van der Waals surface area contributed by atoms with Crippen molar-refractivity contribution < 1.29 is 17.0 Å². The Hall–Kier alpha value is -1.88. The minimum Gasteiger partial charge on any atom is -0.382 e. The molecule has 3 nitrogen and oxygen atoms in total. The highest BCUT2D eigenvalue weighted by Gasteiger charge is 2.16. The molecule has 0 aliphatic rings. The Kier molecular flexibility index (Phi) is 4.56. The molecule has 22 heavy (non-hydrogen) atoms. The van der Waals surface area contributed by atoms with Crippen LogP contribution >= 0.6 is 0 Å². The van der Waals surface area contributed by atoms with Crippen LogP contribution in [0.3, 0.4) is 0 Å². The van der Waals surface area contributed by atoms with Gasteiger partial charge in [-0.05, 0) is 40.8 Å². The van der Waals surface area contributed by atoms with Gasteiger partial charge in [0.25, 0.3) is 0 Å². The first-order valence-electron chi connectivity index (χ1n) is 6.93. The van der Waals surface area contributed by atoms with E-state index in [1.54, 1.807) is 18.2 Å². The molecule has 118 valence electrons. The monoisotopic (exact) mass is 322 g/mol. The number of rotatable bonds is 4. The molecule has 0 aliphatic carbocycles. The fourth-order valence-corrected chi connectivity index (χ4v) is 3.07. The van der Waals surface area contributed by atoms with Crippen LogP contribution in [0, 0.1) is 5.82 Å². The third-order valence-electron chi connectivity index (χ3n) is 3.18. The zero-order chi connectivity index (χ0) is 16.4. The average molecular weight is 322 g/mol. The van der Waals surface area contributed by atoms with Gasteiger partial charge in [-0.2, -0.15) is 8.42 Å². The Morgan fingerprint density at radius 2 is 1.68 bits per heavy atom. The summed E-state index contributed by atoms with van der Waals surface area (Å²) < 4.78 is 42.2. The van der Waals surface area contributed by atoms with Crippen molar-refractivity contribution in [3.63, 3.8) is 0 Å². The van der Waals surface area contributed by atoms with Gasteiger partial charge < -0.3 is 4.18 Å². The lowest BCUT2D eigenvalue weighted by Crippen LogP contribution is -2.13. The van der Waals surface area contributed by atoms with Crippen LogP contribution in [0.1, 0.15) is 31.9 Å². The Bertz CT molecular complexity index is 744. The molecule has 2 aromatic rings. The van der Waals surface area contributed by atoms with Crippen molar-refractivity contribution in [3.05, 3.63) is 65.5 Å². The van der Waals surface area contributed by atoms with E-state index in [4.69, 9.17) is 4.18 Å². The predicted octanol–water partition coefficient (Wildman–Crippen LogP) is 4.03. The molecule has 0 saturated carbocycles. The van der Waals surface area contributed by atoms with Crippen molar-refractivity contribution in [2.24, 2.45) is 0 Å². The Morgan fingerprint density at radius 3 is 2.23 bits per heavy atom. The predicted molar refractivity (Wildman–Crippen MR) is 84.8 cm³/mol. The second-order valence-corrected chi connectivity index (χ2v) is 7.76. The molecule has 0 saturated heterocycles. The normalized spacial score (nSPS) is 12.2. The molecule has 0 spiro atoms. The van der Waals surface area contributed by atoms with Crippen LogP contribution in [-0.4, -0.2) is 8.42 Å². The summed E-state index contributed by atoms with van der Waals surface area (Å²) in [5.41, 5.74) is 1.42. The Balaban J connectivity index is 2.12. The second-order valence-electron chi connectivity index (χ2n) is 6.19. The molecule has 0 amide bonds. The van der Waals surface area contributed by atoms with Crippen LogP contribution in [-0.2, 0) is 21.3 Å². The number of benzene rings is 2. The van der Waals surface area contributed by atoms with Crippen LogP contribution in [0.15, 0.2) is 48.5 Å². The Morgan fingerprint density at radius 1 is 1.05 bits per heavy atom. The molecule has 2 rings (SSSR count). The van der Waals surface area contributed by atoms with Crippen LogP contribution in [0.4, 0.5) is 4.39 Å². The van der Waals surface area contributed by atoms with E-state index in [1.807, 2.05) is 12.1 Å². The van der Waals surface area contributed by atoms with Crippen LogP contribution in [0.2, 0.25) is 0 Å². The number of hydrogen-bond acceptors (Lipinski definition) is 3. The zero-order valence-corrected chi connectivity index (χ0v) is 13.7. The first kappa shape index (κ1) is 16.5. The zero-order valence-electron chi connectivity index (χ0n) is 12.8. The van der Waals surface area contributed by atoms with Crippen molar-refractivity contribution in [1.29, 1.82) is 0 Å². The summed E-state index contributed by atoms with van der Waals surface area (Å²) in [5.74, 6) is -0.585.